The second-order valence-electron chi connectivity index (χ2n) is 7.91. The van der Waals surface area contributed by atoms with Crippen LogP contribution in [0.2, 0.25) is 0 Å². The van der Waals surface area contributed by atoms with Crippen LogP contribution < -0.4 is 5.32 Å². The first-order valence-electron chi connectivity index (χ1n) is 8.85. The van der Waals surface area contributed by atoms with Crippen molar-refractivity contribution in [2.75, 3.05) is 26.2 Å². The average Bonchev–Trinajstić information content (AvgIpc) is 2.84. The van der Waals surface area contributed by atoms with Crippen molar-refractivity contribution in [1.82, 2.24) is 10.2 Å². The van der Waals surface area contributed by atoms with Crippen molar-refractivity contribution in [2.45, 2.75) is 44.9 Å². The predicted molar refractivity (Wildman–Crippen MR) is 81.2 cm³/mol. The van der Waals surface area contributed by atoms with E-state index in [1.54, 1.807) is 0 Å². The molecule has 2 aliphatic heterocycles. The van der Waals surface area contributed by atoms with Crippen LogP contribution in [0.1, 0.15) is 44.9 Å². The maximum absolute atomic E-state index is 12.5. The van der Waals surface area contributed by atoms with Crippen LogP contribution in [0.25, 0.3) is 0 Å². The normalized spacial score (nSPS) is 31.9. The molecule has 4 aliphatic rings. The van der Waals surface area contributed by atoms with Crippen LogP contribution in [-0.4, -0.2) is 43.1 Å². The third-order valence-corrected chi connectivity index (χ3v) is 6.36. The number of hydrogen-bond donors (Lipinski definition) is 1. The average molecular weight is 306 g/mol. The van der Waals surface area contributed by atoms with E-state index in [9.17, 15) is 9.59 Å². The molecule has 5 heteroatoms. The zero-order valence-corrected chi connectivity index (χ0v) is 13.2. The molecular weight excluding hydrogens is 280 g/mol. The monoisotopic (exact) mass is 306 g/mol. The van der Waals surface area contributed by atoms with Gasteiger partial charge in [0, 0.05) is 25.0 Å². The molecule has 2 heterocycles. The van der Waals surface area contributed by atoms with E-state index in [-0.39, 0.29) is 11.8 Å². The Labute approximate surface area is 131 Å². The van der Waals surface area contributed by atoms with Crippen LogP contribution >= 0.6 is 0 Å². The Bertz CT molecular complexity index is 459. The molecule has 2 amide bonds. The van der Waals surface area contributed by atoms with Gasteiger partial charge in [0.2, 0.25) is 5.91 Å². The van der Waals surface area contributed by atoms with Gasteiger partial charge >= 0.3 is 6.09 Å². The van der Waals surface area contributed by atoms with Crippen LogP contribution in [-0.2, 0) is 9.53 Å². The molecule has 0 bridgehead atoms. The van der Waals surface area contributed by atoms with Crippen molar-refractivity contribution in [3.8, 4) is 0 Å². The Morgan fingerprint density at radius 3 is 2.59 bits per heavy atom. The van der Waals surface area contributed by atoms with E-state index in [0.717, 1.165) is 24.9 Å². The summed E-state index contributed by atoms with van der Waals surface area (Å²) in [5, 5.41) is 2.66. The number of alkyl carbamates (subject to hydrolysis) is 1. The van der Waals surface area contributed by atoms with Crippen LogP contribution in [0.4, 0.5) is 4.79 Å². The second kappa shape index (κ2) is 5.43. The molecule has 1 spiro atoms. The number of rotatable bonds is 2. The molecule has 4 rings (SSSR count). The molecule has 4 fully saturated rings. The predicted octanol–water partition coefficient (Wildman–Crippen LogP) is 2.16. The molecular formula is C17H26N2O3. The van der Waals surface area contributed by atoms with E-state index < -0.39 is 6.09 Å². The third-order valence-electron chi connectivity index (χ3n) is 6.36. The number of likely N-dealkylation sites (tertiary alicyclic amines) is 1. The summed E-state index contributed by atoms with van der Waals surface area (Å²) in [7, 11) is 0. The van der Waals surface area contributed by atoms with Gasteiger partial charge in [-0.25, -0.2) is 4.79 Å². The summed E-state index contributed by atoms with van der Waals surface area (Å²) in [6.45, 7) is 2.66. The van der Waals surface area contributed by atoms with Crippen molar-refractivity contribution in [2.24, 2.45) is 23.2 Å². The minimum absolute atomic E-state index is 0.102. The third kappa shape index (κ3) is 2.48. The molecule has 0 aromatic carbocycles. The molecule has 0 radical (unpaired) electrons. The molecule has 0 aromatic heterocycles. The summed E-state index contributed by atoms with van der Waals surface area (Å²) in [5.41, 5.74) is 0.452. The fraction of sp³-hybridized carbons (Fsp3) is 0.882. The lowest BCUT2D eigenvalue weighted by Crippen LogP contribution is -2.65. The summed E-state index contributed by atoms with van der Waals surface area (Å²) in [6, 6.07) is 0. The number of ether oxygens (including phenoxy) is 1. The number of hydrogen-bond acceptors (Lipinski definition) is 3. The maximum atomic E-state index is 12.5. The van der Waals surface area contributed by atoms with Gasteiger partial charge in [0.1, 0.15) is 0 Å². The van der Waals surface area contributed by atoms with E-state index in [4.69, 9.17) is 4.74 Å². The number of nitrogens with one attached hydrogen (secondary N) is 1. The van der Waals surface area contributed by atoms with Gasteiger partial charge in [0.15, 0.2) is 0 Å². The van der Waals surface area contributed by atoms with Gasteiger partial charge in [-0.15, -0.1) is 0 Å². The molecule has 2 saturated carbocycles. The quantitative estimate of drug-likeness (QED) is 0.850. The zero-order chi connectivity index (χ0) is 15.2. The topological polar surface area (TPSA) is 58.6 Å². The fourth-order valence-electron chi connectivity index (χ4n) is 5.11. The zero-order valence-electron chi connectivity index (χ0n) is 13.2. The molecule has 0 aromatic rings. The summed E-state index contributed by atoms with van der Waals surface area (Å²) >= 11 is 0. The van der Waals surface area contributed by atoms with E-state index in [0.29, 0.717) is 25.0 Å². The van der Waals surface area contributed by atoms with Crippen molar-refractivity contribution in [3.63, 3.8) is 0 Å². The molecule has 0 unspecified atom stereocenters. The molecule has 122 valence electrons. The highest BCUT2D eigenvalue weighted by molar-refractivity contribution is 5.81. The molecule has 1 atom stereocenters. The van der Waals surface area contributed by atoms with Crippen LogP contribution in [0.3, 0.4) is 0 Å². The number of carbonyl (C=O) groups excluding carboxylic acids is 2. The highest BCUT2D eigenvalue weighted by atomic mass is 16.5. The second-order valence-corrected chi connectivity index (χ2v) is 7.91. The number of amides is 2. The number of carbonyl (C=O) groups is 2. The van der Waals surface area contributed by atoms with Crippen LogP contribution in [0.5, 0.6) is 0 Å². The van der Waals surface area contributed by atoms with Crippen LogP contribution in [0, 0.1) is 23.2 Å². The van der Waals surface area contributed by atoms with Gasteiger partial charge in [-0.1, -0.05) is 25.7 Å². The Kier molecular flexibility index (Phi) is 3.54. The Balaban J connectivity index is 1.25. The number of cyclic esters (lactones) is 1. The summed E-state index contributed by atoms with van der Waals surface area (Å²) in [6.07, 6.45) is 8.65. The van der Waals surface area contributed by atoms with Crippen LogP contribution in [0.15, 0.2) is 0 Å². The minimum atomic E-state index is -0.395. The summed E-state index contributed by atoms with van der Waals surface area (Å²) in [5.74, 6) is 2.02. The lowest BCUT2D eigenvalue weighted by atomic mass is 9.54. The molecule has 1 N–H and O–H groups in total. The Morgan fingerprint density at radius 2 is 1.86 bits per heavy atom. The van der Waals surface area contributed by atoms with Gasteiger partial charge in [-0.05, 0) is 31.1 Å². The first kappa shape index (κ1) is 14.3. The van der Waals surface area contributed by atoms with E-state index >= 15 is 0 Å². The summed E-state index contributed by atoms with van der Waals surface area (Å²) < 4.78 is 4.94. The fourth-order valence-corrected chi connectivity index (χ4v) is 5.11. The SMILES string of the molecule is O=C1NC[C@H](C(=O)N2CC3(CC(C4CCCC4)C3)C2)CCO1. The van der Waals surface area contributed by atoms with Gasteiger partial charge in [-0.3, -0.25) is 4.79 Å². The highest BCUT2D eigenvalue weighted by Crippen LogP contribution is 2.56. The van der Waals surface area contributed by atoms with Crippen molar-refractivity contribution in [3.05, 3.63) is 0 Å². The first-order chi connectivity index (χ1) is 10.7. The molecule has 2 saturated heterocycles. The summed E-state index contributed by atoms with van der Waals surface area (Å²) in [4.78, 5) is 25.7. The molecule has 5 nitrogen and oxygen atoms in total. The van der Waals surface area contributed by atoms with Crippen molar-refractivity contribution >= 4 is 12.0 Å². The number of nitrogens with zero attached hydrogens (tertiary/aromatic N) is 1. The maximum Gasteiger partial charge on any atom is 0.407 e. The van der Waals surface area contributed by atoms with Gasteiger partial charge in [0.05, 0.1) is 12.5 Å². The minimum Gasteiger partial charge on any atom is -0.450 e. The van der Waals surface area contributed by atoms with Gasteiger partial charge in [0.25, 0.3) is 0 Å². The van der Waals surface area contributed by atoms with E-state index in [1.807, 2.05) is 4.90 Å². The molecule has 22 heavy (non-hydrogen) atoms. The van der Waals surface area contributed by atoms with E-state index in [2.05, 4.69) is 5.32 Å². The highest BCUT2D eigenvalue weighted by Gasteiger charge is 2.55. The van der Waals surface area contributed by atoms with E-state index in [1.165, 1.54) is 38.5 Å². The smallest absolute Gasteiger partial charge is 0.407 e. The largest absolute Gasteiger partial charge is 0.450 e. The van der Waals surface area contributed by atoms with Crippen molar-refractivity contribution in [1.29, 1.82) is 0 Å². The Hall–Kier alpha value is -1.26. The van der Waals surface area contributed by atoms with Gasteiger partial charge < -0.3 is 15.0 Å². The first-order valence-corrected chi connectivity index (χ1v) is 8.85. The lowest BCUT2D eigenvalue weighted by Gasteiger charge is -2.60. The van der Waals surface area contributed by atoms with Gasteiger partial charge in [-0.2, -0.15) is 0 Å². The lowest BCUT2D eigenvalue weighted by molar-refractivity contribution is -0.162. The molecule has 2 aliphatic carbocycles. The van der Waals surface area contributed by atoms with Crippen molar-refractivity contribution < 1.29 is 14.3 Å². The standard InChI is InChI=1S/C17H26N2O3/c20-15(13-5-6-22-16(21)18-9-13)19-10-17(11-19)7-14(8-17)12-3-1-2-4-12/h12-14H,1-11H2,(H,18,21)/t13-/m1/s1. The Morgan fingerprint density at radius 1 is 1.14 bits per heavy atom.